The van der Waals surface area contributed by atoms with Crippen molar-refractivity contribution >= 4 is 5.91 Å². The number of hydrogen-bond acceptors (Lipinski definition) is 4. The van der Waals surface area contributed by atoms with Crippen molar-refractivity contribution in [1.82, 2.24) is 15.6 Å². The van der Waals surface area contributed by atoms with Crippen LogP contribution in [0.3, 0.4) is 0 Å². The second-order valence-electron chi connectivity index (χ2n) is 4.67. The number of nitrogens with one attached hydrogen (secondary N) is 2. The van der Waals surface area contributed by atoms with E-state index in [1.807, 2.05) is 20.8 Å². The van der Waals surface area contributed by atoms with Crippen molar-refractivity contribution in [3.63, 3.8) is 0 Å². The van der Waals surface area contributed by atoms with Gasteiger partial charge in [0.2, 0.25) is 11.8 Å². The molecule has 2 atom stereocenters. The molecule has 2 unspecified atom stereocenters. The maximum Gasteiger partial charge on any atom is 0.234 e. The molecule has 1 amide bonds. The molecule has 0 saturated carbocycles. The number of aromatic nitrogens is 1. The van der Waals surface area contributed by atoms with E-state index in [0.29, 0.717) is 5.89 Å². The molecule has 0 radical (unpaired) electrons. The molecule has 102 valence electrons. The van der Waals surface area contributed by atoms with Crippen LogP contribution in [0.4, 0.5) is 0 Å². The van der Waals surface area contributed by atoms with Gasteiger partial charge >= 0.3 is 0 Å². The van der Waals surface area contributed by atoms with E-state index < -0.39 is 0 Å². The highest BCUT2D eigenvalue weighted by molar-refractivity contribution is 5.78. The Balaban J connectivity index is 2.30. The highest BCUT2D eigenvalue weighted by atomic mass is 16.4. The monoisotopic (exact) mass is 253 g/mol. The average molecular weight is 253 g/mol. The van der Waals surface area contributed by atoms with Gasteiger partial charge in [0, 0.05) is 6.04 Å². The molecule has 0 fully saturated rings. The minimum atomic E-state index is -0.0640. The summed E-state index contributed by atoms with van der Waals surface area (Å²) in [6.45, 7) is 8.17. The Labute approximate surface area is 108 Å². The standard InChI is InChI=1S/C13H23N3O2/c1-5-6-9(2)16-12(17)8-14-11(4)13-15-7-10(3)18-13/h7,9,11,14H,5-6,8H2,1-4H3,(H,16,17). The van der Waals surface area contributed by atoms with Crippen LogP contribution in [0.25, 0.3) is 0 Å². The normalized spacial score (nSPS) is 14.2. The summed E-state index contributed by atoms with van der Waals surface area (Å²) in [5.41, 5.74) is 0. The quantitative estimate of drug-likeness (QED) is 0.779. The largest absolute Gasteiger partial charge is 0.444 e. The number of hydrogen-bond donors (Lipinski definition) is 2. The van der Waals surface area contributed by atoms with Crippen LogP contribution in [0.2, 0.25) is 0 Å². The molecule has 2 N–H and O–H groups in total. The molecule has 18 heavy (non-hydrogen) atoms. The zero-order chi connectivity index (χ0) is 13.5. The van der Waals surface area contributed by atoms with E-state index in [-0.39, 0.29) is 24.5 Å². The summed E-state index contributed by atoms with van der Waals surface area (Å²) in [4.78, 5) is 15.8. The SMILES string of the molecule is CCCC(C)NC(=O)CNC(C)c1ncc(C)o1. The minimum Gasteiger partial charge on any atom is -0.444 e. The van der Waals surface area contributed by atoms with Gasteiger partial charge in [0.05, 0.1) is 18.8 Å². The first kappa shape index (κ1) is 14.7. The van der Waals surface area contributed by atoms with E-state index in [4.69, 9.17) is 4.42 Å². The Morgan fingerprint density at radius 1 is 1.50 bits per heavy atom. The first-order valence-corrected chi connectivity index (χ1v) is 6.48. The molecular formula is C13H23N3O2. The third-order valence-electron chi connectivity index (χ3n) is 2.71. The lowest BCUT2D eigenvalue weighted by molar-refractivity contribution is -0.121. The predicted octanol–water partition coefficient (Wildman–Crippen LogP) is 1.94. The zero-order valence-electron chi connectivity index (χ0n) is 11.6. The molecule has 1 aromatic rings. The fourth-order valence-electron chi connectivity index (χ4n) is 1.74. The maximum absolute atomic E-state index is 11.6. The van der Waals surface area contributed by atoms with Crippen molar-refractivity contribution in [3.8, 4) is 0 Å². The van der Waals surface area contributed by atoms with E-state index in [1.54, 1.807) is 6.20 Å². The van der Waals surface area contributed by atoms with Gasteiger partial charge in [-0.15, -0.1) is 0 Å². The van der Waals surface area contributed by atoms with Crippen molar-refractivity contribution in [2.45, 2.75) is 52.6 Å². The Morgan fingerprint density at radius 2 is 2.22 bits per heavy atom. The Bertz CT molecular complexity index is 376. The van der Waals surface area contributed by atoms with Crippen LogP contribution in [0.15, 0.2) is 10.6 Å². The van der Waals surface area contributed by atoms with Crippen LogP contribution in [-0.2, 0) is 4.79 Å². The number of rotatable bonds is 7. The number of nitrogens with zero attached hydrogens (tertiary/aromatic N) is 1. The van der Waals surface area contributed by atoms with Gasteiger partial charge in [0.25, 0.3) is 0 Å². The van der Waals surface area contributed by atoms with Crippen LogP contribution < -0.4 is 10.6 Å². The van der Waals surface area contributed by atoms with E-state index in [0.717, 1.165) is 18.6 Å². The summed E-state index contributed by atoms with van der Waals surface area (Å²) in [5, 5.41) is 6.03. The van der Waals surface area contributed by atoms with Gasteiger partial charge in [0.1, 0.15) is 5.76 Å². The number of carbonyl (C=O) groups excluding carboxylic acids is 1. The van der Waals surface area contributed by atoms with Gasteiger partial charge in [-0.1, -0.05) is 13.3 Å². The fraction of sp³-hybridized carbons (Fsp3) is 0.692. The van der Waals surface area contributed by atoms with Gasteiger partial charge in [-0.3, -0.25) is 10.1 Å². The van der Waals surface area contributed by atoms with Gasteiger partial charge in [-0.25, -0.2) is 4.98 Å². The molecular weight excluding hydrogens is 230 g/mol. The van der Waals surface area contributed by atoms with Gasteiger partial charge in [0.15, 0.2) is 0 Å². The van der Waals surface area contributed by atoms with Gasteiger partial charge < -0.3 is 9.73 Å². The highest BCUT2D eigenvalue weighted by Crippen LogP contribution is 2.11. The van der Waals surface area contributed by atoms with Crippen LogP contribution in [-0.4, -0.2) is 23.5 Å². The van der Waals surface area contributed by atoms with Crippen LogP contribution >= 0.6 is 0 Å². The van der Waals surface area contributed by atoms with Gasteiger partial charge in [-0.2, -0.15) is 0 Å². The van der Waals surface area contributed by atoms with Crippen molar-refractivity contribution in [2.24, 2.45) is 0 Å². The molecule has 0 bridgehead atoms. The topological polar surface area (TPSA) is 67.2 Å². The Morgan fingerprint density at radius 3 is 2.78 bits per heavy atom. The summed E-state index contributed by atoms with van der Waals surface area (Å²) in [7, 11) is 0. The van der Waals surface area contributed by atoms with Crippen LogP contribution in [0.5, 0.6) is 0 Å². The lowest BCUT2D eigenvalue weighted by Crippen LogP contribution is -2.39. The van der Waals surface area contributed by atoms with Crippen molar-refractivity contribution < 1.29 is 9.21 Å². The second-order valence-corrected chi connectivity index (χ2v) is 4.67. The summed E-state index contributed by atoms with van der Waals surface area (Å²) in [5.74, 6) is 1.40. The second kappa shape index (κ2) is 7.16. The van der Waals surface area contributed by atoms with Crippen LogP contribution in [0, 0.1) is 6.92 Å². The minimum absolute atomic E-state index is 0.00563. The molecule has 0 aromatic carbocycles. The third kappa shape index (κ3) is 4.87. The first-order chi connectivity index (χ1) is 8.52. The average Bonchev–Trinajstić information content (AvgIpc) is 2.73. The number of oxazole rings is 1. The maximum atomic E-state index is 11.6. The first-order valence-electron chi connectivity index (χ1n) is 6.48. The van der Waals surface area contributed by atoms with E-state index >= 15 is 0 Å². The summed E-state index contributed by atoms with van der Waals surface area (Å²) < 4.78 is 5.39. The van der Waals surface area contributed by atoms with Crippen molar-refractivity contribution in [2.75, 3.05) is 6.54 Å². The Hall–Kier alpha value is -1.36. The summed E-state index contributed by atoms with van der Waals surface area (Å²) >= 11 is 0. The smallest absolute Gasteiger partial charge is 0.234 e. The number of carbonyl (C=O) groups is 1. The molecule has 0 saturated heterocycles. The van der Waals surface area contributed by atoms with Crippen LogP contribution in [0.1, 0.15) is 51.3 Å². The molecule has 0 aliphatic carbocycles. The zero-order valence-corrected chi connectivity index (χ0v) is 11.6. The molecule has 0 spiro atoms. The molecule has 1 aromatic heterocycles. The Kier molecular flexibility index (Phi) is 5.85. The molecule has 5 nitrogen and oxygen atoms in total. The van der Waals surface area contributed by atoms with E-state index in [1.165, 1.54) is 0 Å². The molecule has 1 heterocycles. The number of amides is 1. The third-order valence-corrected chi connectivity index (χ3v) is 2.71. The molecule has 0 aliphatic heterocycles. The van der Waals surface area contributed by atoms with Gasteiger partial charge in [-0.05, 0) is 27.2 Å². The van der Waals surface area contributed by atoms with Crippen molar-refractivity contribution in [1.29, 1.82) is 0 Å². The molecule has 1 rings (SSSR count). The van der Waals surface area contributed by atoms with E-state index in [9.17, 15) is 4.79 Å². The number of aryl methyl sites for hydroxylation is 1. The summed E-state index contributed by atoms with van der Waals surface area (Å²) in [6, 6.07) is 0.162. The lowest BCUT2D eigenvalue weighted by atomic mass is 10.2. The molecule has 5 heteroatoms. The fourth-order valence-corrected chi connectivity index (χ4v) is 1.74. The summed E-state index contributed by atoms with van der Waals surface area (Å²) in [6.07, 6.45) is 3.75. The molecule has 0 aliphatic rings. The lowest BCUT2D eigenvalue weighted by Gasteiger charge is -2.14. The highest BCUT2D eigenvalue weighted by Gasteiger charge is 2.13. The van der Waals surface area contributed by atoms with E-state index in [2.05, 4.69) is 22.5 Å². The van der Waals surface area contributed by atoms with Crippen molar-refractivity contribution in [3.05, 3.63) is 17.8 Å². The predicted molar refractivity (Wildman–Crippen MR) is 70.2 cm³/mol.